The first-order chi connectivity index (χ1) is 8.21. The first-order valence-electron chi connectivity index (χ1n) is 6.65. The molecule has 0 saturated heterocycles. The Morgan fingerprint density at radius 1 is 0.526 bits per heavy atom. The average Bonchev–Trinajstić information content (AvgIpc) is 2.91. The van der Waals surface area contributed by atoms with E-state index in [9.17, 15) is 0 Å². The first-order valence-corrected chi connectivity index (χ1v) is 13.7. The minimum Gasteiger partial charge on any atom is -0.214 e. The van der Waals surface area contributed by atoms with Gasteiger partial charge < -0.3 is 0 Å². The molecule has 0 aliphatic rings. The van der Waals surface area contributed by atoms with Crippen LogP contribution in [0.1, 0.15) is 0 Å². The molecule has 0 heterocycles. The van der Waals surface area contributed by atoms with Gasteiger partial charge in [0.1, 0.15) is 0 Å². The molecule has 0 aliphatic carbocycles. The van der Waals surface area contributed by atoms with Crippen molar-refractivity contribution >= 4 is 26.5 Å². The van der Waals surface area contributed by atoms with Gasteiger partial charge >= 0.3 is 49.4 Å². The van der Waals surface area contributed by atoms with Crippen molar-refractivity contribution in [1.82, 2.24) is 0 Å². The Labute approximate surface area is 161 Å². The number of hydrogen-bond acceptors (Lipinski definition) is 0. The van der Waals surface area contributed by atoms with Gasteiger partial charge in [-0.25, -0.2) is 24.3 Å². The standard InChI is InChI=1S/2C8H13Si.Eu/c2*1-9(2,3)8-6-4-5-7-8;/h2*4-7H,1-3H3;/q2*-1;+2. The molecule has 0 N–H and O–H groups in total. The summed E-state index contributed by atoms with van der Waals surface area (Å²) in [5.41, 5.74) is 0. The second kappa shape index (κ2) is 8.23. The third-order valence-corrected chi connectivity index (χ3v) is 7.19. The van der Waals surface area contributed by atoms with Crippen molar-refractivity contribution < 1.29 is 49.4 Å². The molecule has 0 unspecified atom stereocenters. The summed E-state index contributed by atoms with van der Waals surface area (Å²) >= 11 is 0. The van der Waals surface area contributed by atoms with Gasteiger partial charge in [0.05, 0.1) is 0 Å². The molecule has 0 bridgehead atoms. The van der Waals surface area contributed by atoms with Crippen LogP contribution in [0.15, 0.2) is 48.5 Å². The molecule has 0 aromatic heterocycles. The van der Waals surface area contributed by atoms with Crippen molar-refractivity contribution in [2.24, 2.45) is 0 Å². The van der Waals surface area contributed by atoms with Crippen LogP contribution in [-0.4, -0.2) is 16.1 Å². The zero-order valence-electron chi connectivity index (χ0n) is 13.0. The van der Waals surface area contributed by atoms with Crippen molar-refractivity contribution in [3.63, 3.8) is 0 Å². The zero-order valence-corrected chi connectivity index (χ0v) is 17.4. The van der Waals surface area contributed by atoms with Gasteiger partial charge in [-0.15, -0.1) is 0 Å². The van der Waals surface area contributed by atoms with Crippen LogP contribution in [0.25, 0.3) is 0 Å². The van der Waals surface area contributed by atoms with E-state index in [1.54, 1.807) is 10.4 Å². The Bertz CT molecular complexity index is 384. The van der Waals surface area contributed by atoms with Crippen LogP contribution in [0.5, 0.6) is 0 Å². The number of rotatable bonds is 2. The van der Waals surface area contributed by atoms with Gasteiger partial charge in [0, 0.05) is 16.1 Å². The van der Waals surface area contributed by atoms with Gasteiger partial charge in [-0.1, -0.05) is 39.3 Å². The zero-order chi connectivity index (χ0) is 13.8. The van der Waals surface area contributed by atoms with Crippen LogP contribution >= 0.6 is 0 Å². The van der Waals surface area contributed by atoms with Crippen molar-refractivity contribution in [3.8, 4) is 0 Å². The largest absolute Gasteiger partial charge is 2.00 e. The molecule has 2 aromatic rings. The van der Waals surface area contributed by atoms with E-state index in [1.165, 1.54) is 0 Å². The molecule has 0 spiro atoms. The smallest absolute Gasteiger partial charge is 0.214 e. The van der Waals surface area contributed by atoms with E-state index in [2.05, 4.69) is 87.8 Å². The third-order valence-electron chi connectivity index (χ3n) is 3.06. The molecular weight excluding hydrogens is 400 g/mol. The molecule has 3 heteroatoms. The molecule has 0 amide bonds. The van der Waals surface area contributed by atoms with Crippen LogP contribution in [0.4, 0.5) is 0 Å². The Balaban J connectivity index is 0.000000324. The van der Waals surface area contributed by atoms with Gasteiger partial charge in [0.25, 0.3) is 0 Å². The maximum atomic E-state index is 2.36. The second-order valence-corrected chi connectivity index (χ2v) is 17.0. The Morgan fingerprint density at radius 3 is 0.842 bits per heavy atom. The third kappa shape index (κ3) is 7.33. The molecule has 2 rings (SSSR count). The van der Waals surface area contributed by atoms with E-state index in [4.69, 9.17) is 0 Å². The minimum absolute atomic E-state index is 0. The number of hydrogen-bond donors (Lipinski definition) is 0. The topological polar surface area (TPSA) is 0 Å². The SMILES string of the molecule is C[Si](C)(C)[c-]1cccc1.C[Si](C)(C)[c-]1cccc1.[Eu+2]. The summed E-state index contributed by atoms with van der Waals surface area (Å²) in [6.07, 6.45) is 0. The van der Waals surface area contributed by atoms with E-state index in [1.807, 2.05) is 0 Å². The van der Waals surface area contributed by atoms with E-state index in [-0.39, 0.29) is 49.4 Å². The van der Waals surface area contributed by atoms with E-state index < -0.39 is 16.1 Å². The molecule has 0 fully saturated rings. The van der Waals surface area contributed by atoms with Gasteiger partial charge in [-0.2, -0.15) is 34.6 Å². The minimum atomic E-state index is -0.981. The molecule has 0 aliphatic heterocycles. The predicted molar refractivity (Wildman–Crippen MR) is 90.0 cm³/mol. The molecule has 0 atom stereocenters. The van der Waals surface area contributed by atoms with Crippen molar-refractivity contribution in [2.45, 2.75) is 39.3 Å². The molecule has 0 saturated carbocycles. The summed E-state index contributed by atoms with van der Waals surface area (Å²) < 4.78 is 0. The maximum absolute atomic E-state index is 2.36. The molecular formula is C16H26EuSi2. The van der Waals surface area contributed by atoms with Crippen LogP contribution in [0.2, 0.25) is 39.3 Å². The second-order valence-electron chi connectivity index (χ2n) is 6.85. The van der Waals surface area contributed by atoms with Gasteiger partial charge in [0.15, 0.2) is 0 Å². The van der Waals surface area contributed by atoms with Crippen LogP contribution < -0.4 is 10.4 Å². The van der Waals surface area contributed by atoms with Gasteiger partial charge in [0.2, 0.25) is 0 Å². The summed E-state index contributed by atoms with van der Waals surface area (Å²) in [4.78, 5) is 0. The van der Waals surface area contributed by atoms with Crippen molar-refractivity contribution in [1.29, 1.82) is 0 Å². The van der Waals surface area contributed by atoms with Crippen LogP contribution in [0, 0.1) is 49.4 Å². The first kappa shape index (κ1) is 19.7. The van der Waals surface area contributed by atoms with Crippen LogP contribution in [0.3, 0.4) is 0 Å². The van der Waals surface area contributed by atoms with Crippen molar-refractivity contribution in [3.05, 3.63) is 48.5 Å². The Hall–Kier alpha value is 0.718. The summed E-state index contributed by atoms with van der Waals surface area (Å²) in [7, 11) is -1.96. The summed E-state index contributed by atoms with van der Waals surface area (Å²) in [6, 6.07) is 17.4. The maximum Gasteiger partial charge on any atom is 2.00 e. The van der Waals surface area contributed by atoms with E-state index in [0.717, 1.165) is 0 Å². The fourth-order valence-corrected chi connectivity index (χ4v) is 4.13. The summed E-state index contributed by atoms with van der Waals surface area (Å²) in [6.45, 7) is 14.2. The normalized spacial score (nSPS) is 11.3. The van der Waals surface area contributed by atoms with Crippen LogP contribution in [-0.2, 0) is 0 Å². The molecule has 2 aromatic carbocycles. The molecule has 19 heavy (non-hydrogen) atoms. The fourth-order valence-electron chi connectivity index (χ4n) is 1.75. The Kier molecular flexibility index (Phi) is 8.54. The predicted octanol–water partition coefficient (Wildman–Crippen LogP) is 3.90. The summed E-state index contributed by atoms with van der Waals surface area (Å²) in [5.74, 6) is 0. The average molecular weight is 427 g/mol. The molecule has 0 nitrogen and oxygen atoms in total. The van der Waals surface area contributed by atoms with E-state index >= 15 is 0 Å². The Morgan fingerprint density at radius 2 is 0.737 bits per heavy atom. The van der Waals surface area contributed by atoms with Crippen molar-refractivity contribution in [2.75, 3.05) is 0 Å². The van der Waals surface area contributed by atoms with Gasteiger partial charge in [-0.3, -0.25) is 0 Å². The molecule has 105 valence electrons. The summed E-state index contributed by atoms with van der Waals surface area (Å²) in [5, 5.41) is 3.12. The fraction of sp³-hybridized carbons (Fsp3) is 0.375. The monoisotopic (exact) mass is 427 g/mol. The van der Waals surface area contributed by atoms with E-state index in [0.29, 0.717) is 0 Å². The van der Waals surface area contributed by atoms with Gasteiger partial charge in [-0.05, 0) is 0 Å². The quantitative estimate of drug-likeness (QED) is 0.505. The molecule has 1 radical (unpaired) electrons.